The quantitative estimate of drug-likeness (QED) is 0.559. The van der Waals surface area contributed by atoms with Crippen molar-refractivity contribution in [3.63, 3.8) is 0 Å². The summed E-state index contributed by atoms with van der Waals surface area (Å²) in [4.78, 5) is 16.4. The number of ether oxygens (including phenoxy) is 1. The van der Waals surface area contributed by atoms with Gasteiger partial charge in [-0.05, 0) is 48.9 Å². The smallest absolute Gasteiger partial charge is 0.261 e. The predicted molar refractivity (Wildman–Crippen MR) is 121 cm³/mol. The number of fused-ring (bicyclic) bond motifs is 1. The number of hydrogen-bond donors (Lipinski definition) is 1. The number of methoxy groups -OCH3 is 1. The van der Waals surface area contributed by atoms with Gasteiger partial charge in [0.25, 0.3) is 5.91 Å². The molecule has 0 bridgehead atoms. The third kappa shape index (κ3) is 4.58. The fraction of sp³-hybridized carbons (Fsp3) is 0.478. The molecule has 2 aromatic heterocycles. The molecule has 30 heavy (non-hydrogen) atoms. The van der Waals surface area contributed by atoms with Crippen LogP contribution in [0.4, 0.5) is 0 Å². The first-order chi connectivity index (χ1) is 14.7. The highest BCUT2D eigenvalue weighted by molar-refractivity contribution is 7.21. The summed E-state index contributed by atoms with van der Waals surface area (Å²) in [6.45, 7) is 3.04. The van der Waals surface area contributed by atoms with Gasteiger partial charge in [0.15, 0.2) is 0 Å². The Hall–Kier alpha value is -2.22. The van der Waals surface area contributed by atoms with Crippen molar-refractivity contribution in [1.29, 1.82) is 0 Å². The Morgan fingerprint density at radius 3 is 2.97 bits per heavy atom. The van der Waals surface area contributed by atoms with Crippen LogP contribution < -0.4 is 5.32 Å². The van der Waals surface area contributed by atoms with E-state index in [0.29, 0.717) is 19.2 Å². The Morgan fingerprint density at radius 1 is 1.30 bits per heavy atom. The van der Waals surface area contributed by atoms with Crippen LogP contribution in [0.5, 0.6) is 0 Å². The Morgan fingerprint density at radius 2 is 2.17 bits per heavy atom. The van der Waals surface area contributed by atoms with Crippen LogP contribution in [-0.4, -0.2) is 53.4 Å². The number of carbonyl (C=O) groups excluding carboxylic acids is 1. The van der Waals surface area contributed by atoms with Crippen molar-refractivity contribution in [2.75, 3.05) is 26.8 Å². The van der Waals surface area contributed by atoms with Crippen LogP contribution in [-0.2, 0) is 24.8 Å². The van der Waals surface area contributed by atoms with Gasteiger partial charge in [-0.2, -0.15) is 5.10 Å². The van der Waals surface area contributed by atoms with E-state index in [-0.39, 0.29) is 5.91 Å². The second-order valence-electron chi connectivity index (χ2n) is 7.92. The summed E-state index contributed by atoms with van der Waals surface area (Å²) in [6, 6.07) is 10.9. The number of benzene rings is 1. The van der Waals surface area contributed by atoms with E-state index in [1.54, 1.807) is 18.4 Å². The Kier molecular flexibility index (Phi) is 6.82. The standard InChI is InChI=1S/C23H30N4O2S/c1-26-18(10-11-25-26)16-27-13-6-5-7-17(27)15-20-19-8-3-4-9-21(19)30-22(20)23(28)24-12-14-29-2/h3-4,8-11,17H,5-7,12-16H2,1-2H3,(H,24,28). The fourth-order valence-electron chi connectivity index (χ4n) is 4.33. The average Bonchev–Trinajstić information content (AvgIpc) is 3.33. The molecule has 4 rings (SSSR count). The molecule has 1 N–H and O–H groups in total. The van der Waals surface area contributed by atoms with Gasteiger partial charge in [-0.1, -0.05) is 24.6 Å². The lowest BCUT2D eigenvalue weighted by atomic mass is 9.93. The number of thiophene rings is 1. The van der Waals surface area contributed by atoms with Gasteiger partial charge in [0.2, 0.25) is 0 Å². The maximum Gasteiger partial charge on any atom is 0.261 e. The number of amides is 1. The van der Waals surface area contributed by atoms with Gasteiger partial charge in [-0.3, -0.25) is 14.4 Å². The number of nitrogens with zero attached hydrogens (tertiary/aromatic N) is 3. The lowest BCUT2D eigenvalue weighted by molar-refractivity contribution is 0.0938. The average molecular weight is 427 g/mol. The number of piperidine rings is 1. The zero-order valence-electron chi connectivity index (χ0n) is 17.8. The summed E-state index contributed by atoms with van der Waals surface area (Å²) in [6.07, 6.45) is 6.39. The number of aryl methyl sites for hydroxylation is 1. The topological polar surface area (TPSA) is 59.4 Å². The molecule has 1 atom stereocenters. The number of carbonyl (C=O) groups is 1. The lowest BCUT2D eigenvalue weighted by Gasteiger charge is -2.36. The van der Waals surface area contributed by atoms with Gasteiger partial charge in [-0.15, -0.1) is 11.3 Å². The maximum absolute atomic E-state index is 13.0. The lowest BCUT2D eigenvalue weighted by Crippen LogP contribution is -2.41. The first kappa shape index (κ1) is 21.0. The Balaban J connectivity index is 1.60. The van der Waals surface area contributed by atoms with E-state index >= 15 is 0 Å². The number of aromatic nitrogens is 2. The largest absolute Gasteiger partial charge is 0.383 e. The minimum absolute atomic E-state index is 0.0113. The zero-order valence-corrected chi connectivity index (χ0v) is 18.6. The van der Waals surface area contributed by atoms with Crippen LogP contribution in [0.25, 0.3) is 10.1 Å². The van der Waals surface area contributed by atoms with E-state index in [1.807, 2.05) is 24.0 Å². The number of nitrogens with one attached hydrogen (secondary N) is 1. The van der Waals surface area contributed by atoms with Gasteiger partial charge in [-0.25, -0.2) is 0 Å². The maximum atomic E-state index is 13.0. The summed E-state index contributed by atoms with van der Waals surface area (Å²) in [5.74, 6) is 0.0113. The molecule has 1 aliphatic heterocycles. The summed E-state index contributed by atoms with van der Waals surface area (Å²) >= 11 is 1.60. The number of rotatable bonds is 8. The molecule has 1 amide bonds. The normalized spacial score (nSPS) is 17.5. The molecule has 3 heterocycles. The molecule has 1 aromatic carbocycles. The molecule has 0 saturated carbocycles. The highest BCUT2D eigenvalue weighted by Crippen LogP contribution is 2.34. The summed E-state index contributed by atoms with van der Waals surface area (Å²) < 4.78 is 8.23. The first-order valence-corrected chi connectivity index (χ1v) is 11.5. The van der Waals surface area contributed by atoms with Crippen LogP contribution in [0.15, 0.2) is 36.5 Å². The molecule has 1 fully saturated rings. The Bertz CT molecular complexity index is 996. The van der Waals surface area contributed by atoms with Crippen molar-refractivity contribution in [2.45, 2.75) is 38.3 Å². The van der Waals surface area contributed by atoms with Crippen molar-refractivity contribution in [3.05, 3.63) is 52.7 Å². The molecule has 160 valence electrons. The molecule has 1 saturated heterocycles. The highest BCUT2D eigenvalue weighted by Gasteiger charge is 2.27. The van der Waals surface area contributed by atoms with E-state index < -0.39 is 0 Å². The molecule has 0 radical (unpaired) electrons. The molecule has 0 spiro atoms. The van der Waals surface area contributed by atoms with E-state index in [1.165, 1.54) is 34.2 Å². The van der Waals surface area contributed by atoms with E-state index in [0.717, 1.165) is 30.8 Å². The molecular formula is C23H30N4O2S. The minimum atomic E-state index is 0.0113. The highest BCUT2D eigenvalue weighted by atomic mass is 32.1. The summed E-state index contributed by atoms with van der Waals surface area (Å²) in [5, 5.41) is 8.55. The predicted octanol–water partition coefficient (Wildman–Crippen LogP) is 3.61. The van der Waals surface area contributed by atoms with Crippen molar-refractivity contribution in [3.8, 4) is 0 Å². The van der Waals surface area contributed by atoms with Crippen molar-refractivity contribution in [2.24, 2.45) is 7.05 Å². The molecule has 6 nitrogen and oxygen atoms in total. The van der Waals surface area contributed by atoms with Gasteiger partial charge in [0.1, 0.15) is 0 Å². The van der Waals surface area contributed by atoms with Gasteiger partial charge >= 0.3 is 0 Å². The monoisotopic (exact) mass is 426 g/mol. The van der Waals surface area contributed by atoms with Crippen molar-refractivity contribution in [1.82, 2.24) is 20.0 Å². The van der Waals surface area contributed by atoms with Crippen LogP contribution >= 0.6 is 11.3 Å². The molecule has 1 aliphatic rings. The third-order valence-corrected chi connectivity index (χ3v) is 7.18. The van der Waals surface area contributed by atoms with Crippen LogP contribution in [0.3, 0.4) is 0 Å². The van der Waals surface area contributed by atoms with E-state index in [2.05, 4.69) is 39.6 Å². The SMILES string of the molecule is COCCNC(=O)c1sc2ccccc2c1CC1CCCCN1Cc1ccnn1C. The van der Waals surface area contributed by atoms with E-state index in [9.17, 15) is 4.79 Å². The van der Waals surface area contributed by atoms with Gasteiger partial charge < -0.3 is 10.1 Å². The van der Waals surface area contributed by atoms with Crippen molar-refractivity contribution >= 4 is 27.3 Å². The molecular weight excluding hydrogens is 396 g/mol. The zero-order chi connectivity index (χ0) is 20.9. The third-order valence-electron chi connectivity index (χ3n) is 5.97. The molecule has 1 unspecified atom stereocenters. The molecule has 0 aliphatic carbocycles. The fourth-order valence-corrected chi connectivity index (χ4v) is 5.48. The molecule has 7 heteroatoms. The number of hydrogen-bond acceptors (Lipinski definition) is 5. The second kappa shape index (κ2) is 9.73. The second-order valence-corrected chi connectivity index (χ2v) is 8.98. The van der Waals surface area contributed by atoms with Crippen LogP contribution in [0, 0.1) is 0 Å². The minimum Gasteiger partial charge on any atom is -0.383 e. The summed E-state index contributed by atoms with van der Waals surface area (Å²) in [5.41, 5.74) is 2.42. The Labute approximate surface area is 181 Å². The van der Waals surface area contributed by atoms with Crippen LogP contribution in [0.2, 0.25) is 0 Å². The first-order valence-electron chi connectivity index (χ1n) is 10.7. The van der Waals surface area contributed by atoms with Crippen molar-refractivity contribution < 1.29 is 9.53 Å². The van der Waals surface area contributed by atoms with Gasteiger partial charge in [0.05, 0.1) is 17.2 Å². The van der Waals surface area contributed by atoms with Gasteiger partial charge in [0, 0.05) is 44.2 Å². The van der Waals surface area contributed by atoms with E-state index in [4.69, 9.17) is 4.74 Å². The van der Waals surface area contributed by atoms with Crippen LogP contribution in [0.1, 0.15) is 40.2 Å². The molecule has 3 aromatic rings. The number of likely N-dealkylation sites (tertiary alicyclic amines) is 1. The summed E-state index contributed by atoms with van der Waals surface area (Å²) in [7, 11) is 3.65.